The second-order valence-electron chi connectivity index (χ2n) is 7.38. The van der Waals surface area contributed by atoms with Crippen LogP contribution in [0.1, 0.15) is 30.1 Å². The molecule has 1 fully saturated rings. The topological polar surface area (TPSA) is 102 Å². The third kappa shape index (κ3) is 3.98. The van der Waals surface area contributed by atoms with Crippen LogP contribution in [0.2, 0.25) is 0 Å². The zero-order valence-electron chi connectivity index (χ0n) is 17.7. The van der Waals surface area contributed by atoms with Gasteiger partial charge in [-0.15, -0.1) is 11.3 Å². The van der Waals surface area contributed by atoms with Gasteiger partial charge in [0.25, 0.3) is 5.91 Å². The van der Waals surface area contributed by atoms with Gasteiger partial charge in [0.1, 0.15) is 5.69 Å². The summed E-state index contributed by atoms with van der Waals surface area (Å²) in [5.41, 5.74) is 2.12. The van der Waals surface area contributed by atoms with Crippen LogP contribution in [0.25, 0.3) is 22.4 Å². The second-order valence-corrected chi connectivity index (χ2v) is 8.24. The molecule has 0 unspecified atom stereocenters. The molecule has 3 heterocycles. The Kier molecular flexibility index (Phi) is 5.39. The summed E-state index contributed by atoms with van der Waals surface area (Å²) in [5, 5.41) is 5.91. The van der Waals surface area contributed by atoms with Crippen molar-refractivity contribution in [2.24, 2.45) is 0 Å². The smallest absolute Gasteiger partial charge is 0.257 e. The van der Waals surface area contributed by atoms with Crippen LogP contribution < -0.4 is 15.0 Å². The first-order chi connectivity index (χ1) is 16.0. The number of benzene rings is 2. The van der Waals surface area contributed by atoms with Crippen LogP contribution in [0.3, 0.4) is 0 Å². The Balaban J connectivity index is 1.31. The molecule has 1 N–H and O–H groups in total. The van der Waals surface area contributed by atoms with Gasteiger partial charge in [0.05, 0.1) is 12.3 Å². The van der Waals surface area contributed by atoms with E-state index in [9.17, 15) is 14.4 Å². The summed E-state index contributed by atoms with van der Waals surface area (Å²) in [6, 6.07) is 13.9. The zero-order valence-corrected chi connectivity index (χ0v) is 18.5. The van der Waals surface area contributed by atoms with Gasteiger partial charge in [0.2, 0.25) is 11.8 Å². The first-order valence-corrected chi connectivity index (χ1v) is 11.3. The molecule has 3 amide bonds. The number of thiazole rings is 1. The highest BCUT2D eigenvalue weighted by molar-refractivity contribution is 7.14. The molecule has 1 aliphatic rings. The van der Waals surface area contributed by atoms with Crippen LogP contribution in [0.4, 0.5) is 10.8 Å². The van der Waals surface area contributed by atoms with E-state index in [0.717, 1.165) is 10.3 Å². The molecule has 33 heavy (non-hydrogen) atoms. The number of carbonyl (C=O) groups is 3. The Morgan fingerprint density at radius 3 is 2.64 bits per heavy atom. The van der Waals surface area contributed by atoms with Gasteiger partial charge in [0.15, 0.2) is 22.2 Å². The molecule has 2 aromatic carbocycles. The molecule has 0 atom stereocenters. The predicted molar refractivity (Wildman–Crippen MR) is 125 cm³/mol. The number of amides is 3. The predicted octanol–water partition coefficient (Wildman–Crippen LogP) is 4.86. The average Bonchev–Trinajstić information content (AvgIpc) is 3.53. The maximum atomic E-state index is 12.6. The number of rotatable bonds is 6. The maximum Gasteiger partial charge on any atom is 0.257 e. The van der Waals surface area contributed by atoms with E-state index in [0.29, 0.717) is 45.8 Å². The van der Waals surface area contributed by atoms with Gasteiger partial charge in [-0.25, -0.2) is 4.98 Å². The summed E-state index contributed by atoms with van der Waals surface area (Å²) < 4.78 is 11.6. The Morgan fingerprint density at radius 1 is 1.15 bits per heavy atom. The summed E-state index contributed by atoms with van der Waals surface area (Å²) in [5.74, 6) is 0.451. The lowest BCUT2D eigenvalue weighted by molar-refractivity contribution is -0.121. The highest BCUT2D eigenvalue weighted by atomic mass is 32.1. The highest BCUT2D eigenvalue weighted by Crippen LogP contribution is 2.34. The molecule has 0 aliphatic carbocycles. The molecule has 0 spiro atoms. The molecule has 4 aromatic rings. The molecule has 1 saturated heterocycles. The van der Waals surface area contributed by atoms with Crippen molar-refractivity contribution in [3.05, 3.63) is 59.5 Å². The summed E-state index contributed by atoms with van der Waals surface area (Å²) in [6.45, 7) is 2.45. The molecular formula is C24H19N3O5S. The van der Waals surface area contributed by atoms with Gasteiger partial charge in [-0.3, -0.25) is 24.6 Å². The third-order valence-corrected chi connectivity index (χ3v) is 5.98. The van der Waals surface area contributed by atoms with Crippen molar-refractivity contribution < 1.29 is 23.5 Å². The van der Waals surface area contributed by atoms with Crippen molar-refractivity contribution in [2.75, 3.05) is 16.8 Å². The Hall–Kier alpha value is -3.98. The van der Waals surface area contributed by atoms with Crippen LogP contribution in [0, 0.1) is 0 Å². The number of para-hydroxylation sites is 1. The fourth-order valence-electron chi connectivity index (χ4n) is 3.67. The van der Waals surface area contributed by atoms with E-state index in [-0.39, 0.29) is 30.6 Å². The highest BCUT2D eigenvalue weighted by Gasteiger charge is 2.30. The number of hydrogen-bond acceptors (Lipinski definition) is 7. The minimum atomic E-state index is -0.343. The van der Waals surface area contributed by atoms with Crippen LogP contribution in [-0.4, -0.2) is 29.3 Å². The molecule has 5 rings (SSSR count). The normalized spacial score (nSPS) is 13.7. The van der Waals surface area contributed by atoms with Crippen molar-refractivity contribution in [2.45, 2.75) is 19.8 Å². The SMILES string of the molecule is CCOc1cccc2cc(-c3csc(NC(=O)c4ccc(N5C(=O)CCC5=O)cc4)n3)oc12. The number of imide groups is 1. The van der Waals surface area contributed by atoms with Crippen molar-refractivity contribution >= 4 is 50.8 Å². The van der Waals surface area contributed by atoms with Gasteiger partial charge in [-0.1, -0.05) is 12.1 Å². The van der Waals surface area contributed by atoms with Crippen molar-refractivity contribution in [3.63, 3.8) is 0 Å². The van der Waals surface area contributed by atoms with Crippen LogP contribution in [0.15, 0.2) is 58.3 Å². The molecule has 2 aromatic heterocycles. The van der Waals surface area contributed by atoms with Gasteiger partial charge in [-0.05, 0) is 43.3 Å². The molecular weight excluding hydrogens is 442 g/mol. The summed E-state index contributed by atoms with van der Waals surface area (Å²) in [7, 11) is 0. The van der Waals surface area contributed by atoms with Crippen LogP contribution >= 0.6 is 11.3 Å². The fourth-order valence-corrected chi connectivity index (χ4v) is 4.37. The van der Waals surface area contributed by atoms with Gasteiger partial charge < -0.3 is 9.15 Å². The van der Waals surface area contributed by atoms with E-state index in [1.54, 1.807) is 29.6 Å². The number of fused-ring (bicyclic) bond motifs is 1. The lowest BCUT2D eigenvalue weighted by atomic mass is 10.2. The average molecular weight is 461 g/mol. The quantitative estimate of drug-likeness (QED) is 0.412. The maximum absolute atomic E-state index is 12.6. The number of aromatic nitrogens is 1. The number of carbonyl (C=O) groups excluding carboxylic acids is 3. The molecule has 8 nitrogen and oxygen atoms in total. The largest absolute Gasteiger partial charge is 0.490 e. The fraction of sp³-hybridized carbons (Fsp3) is 0.167. The molecule has 0 saturated carbocycles. The van der Waals surface area contributed by atoms with Gasteiger partial charge in [0, 0.05) is 29.2 Å². The zero-order chi connectivity index (χ0) is 22.9. The van der Waals surface area contributed by atoms with E-state index < -0.39 is 0 Å². The van der Waals surface area contributed by atoms with Crippen molar-refractivity contribution in [3.8, 4) is 17.2 Å². The number of nitrogens with one attached hydrogen (secondary N) is 1. The van der Waals surface area contributed by atoms with E-state index in [1.807, 2.05) is 31.2 Å². The van der Waals surface area contributed by atoms with Crippen molar-refractivity contribution in [1.29, 1.82) is 0 Å². The number of ether oxygens (including phenoxy) is 1. The molecule has 166 valence electrons. The first-order valence-electron chi connectivity index (χ1n) is 10.4. The first kappa shape index (κ1) is 20.9. The third-order valence-electron chi connectivity index (χ3n) is 5.22. The monoisotopic (exact) mass is 461 g/mol. The standard InChI is InChI=1S/C24H19N3O5S/c1-2-31-18-5-3-4-15-12-19(32-22(15)18)17-13-33-24(25-17)26-23(30)14-6-8-16(9-7-14)27-20(28)10-11-21(27)29/h3-9,12-13H,2,10-11H2,1H3,(H,25,26,30). The lowest BCUT2D eigenvalue weighted by Crippen LogP contribution is -2.28. The summed E-state index contributed by atoms with van der Waals surface area (Å²) in [4.78, 5) is 42.0. The number of anilines is 2. The summed E-state index contributed by atoms with van der Waals surface area (Å²) in [6.07, 6.45) is 0.428. The second kappa shape index (κ2) is 8.51. The van der Waals surface area contributed by atoms with Gasteiger partial charge >= 0.3 is 0 Å². The van der Waals surface area contributed by atoms with E-state index >= 15 is 0 Å². The van der Waals surface area contributed by atoms with E-state index in [4.69, 9.17) is 9.15 Å². The van der Waals surface area contributed by atoms with Crippen LogP contribution in [0.5, 0.6) is 5.75 Å². The van der Waals surface area contributed by atoms with Crippen molar-refractivity contribution in [1.82, 2.24) is 4.98 Å². The van der Waals surface area contributed by atoms with Crippen LogP contribution in [-0.2, 0) is 9.59 Å². The number of nitrogens with zero attached hydrogens (tertiary/aromatic N) is 2. The minimum absolute atomic E-state index is 0.214. The molecule has 0 radical (unpaired) electrons. The Morgan fingerprint density at radius 2 is 1.91 bits per heavy atom. The summed E-state index contributed by atoms with van der Waals surface area (Å²) >= 11 is 1.28. The van der Waals surface area contributed by atoms with Gasteiger partial charge in [-0.2, -0.15) is 0 Å². The van der Waals surface area contributed by atoms with E-state index in [2.05, 4.69) is 10.3 Å². The Bertz CT molecular complexity index is 1360. The lowest BCUT2D eigenvalue weighted by Gasteiger charge is -2.13. The van der Waals surface area contributed by atoms with E-state index in [1.165, 1.54) is 11.3 Å². The molecule has 0 bridgehead atoms. The minimum Gasteiger partial charge on any atom is -0.490 e. The number of hydrogen-bond donors (Lipinski definition) is 1. The molecule has 1 aliphatic heterocycles. The number of furan rings is 1. The Labute approximate surface area is 192 Å². The molecule has 9 heteroatoms.